The fourth-order valence-corrected chi connectivity index (χ4v) is 4.44. The third-order valence-corrected chi connectivity index (χ3v) is 6.49. The van der Waals surface area contributed by atoms with Crippen molar-refractivity contribution in [1.29, 1.82) is 0 Å². The molecular weight excluding hydrogens is 468 g/mol. The minimum Gasteiger partial charge on any atom is -0.442 e. The van der Waals surface area contributed by atoms with Gasteiger partial charge >= 0.3 is 5.69 Å². The van der Waals surface area contributed by atoms with Crippen LogP contribution in [0.4, 0.5) is 5.82 Å². The first-order valence-electron chi connectivity index (χ1n) is 11.8. The molecule has 3 heterocycles. The summed E-state index contributed by atoms with van der Waals surface area (Å²) in [4.78, 5) is 35.4. The molecule has 3 aromatic rings. The molecular formula is C26H29ClN4O4. The van der Waals surface area contributed by atoms with Crippen molar-refractivity contribution in [1.82, 2.24) is 14.1 Å². The van der Waals surface area contributed by atoms with Gasteiger partial charge in [0.05, 0.1) is 10.6 Å². The second-order valence-electron chi connectivity index (χ2n) is 8.60. The molecule has 0 bridgehead atoms. The molecule has 184 valence electrons. The highest BCUT2D eigenvalue weighted by molar-refractivity contribution is 6.30. The van der Waals surface area contributed by atoms with Crippen LogP contribution in [0.1, 0.15) is 36.6 Å². The van der Waals surface area contributed by atoms with Gasteiger partial charge in [0.15, 0.2) is 5.90 Å². The molecule has 0 radical (unpaired) electrons. The minimum atomic E-state index is -0.461. The number of aromatic nitrogens is 3. The van der Waals surface area contributed by atoms with Crippen LogP contribution >= 0.6 is 11.6 Å². The van der Waals surface area contributed by atoms with E-state index in [2.05, 4.69) is 11.9 Å². The molecule has 1 aliphatic rings. The number of aliphatic imine (C=N–C) groups is 1. The molecule has 0 fully saturated rings. The van der Waals surface area contributed by atoms with Crippen molar-refractivity contribution in [3.05, 3.63) is 85.3 Å². The first kappa shape index (κ1) is 24.9. The van der Waals surface area contributed by atoms with Gasteiger partial charge in [-0.25, -0.2) is 4.79 Å². The number of para-hydroxylation sites is 1. The second kappa shape index (κ2) is 11.0. The van der Waals surface area contributed by atoms with E-state index in [1.54, 1.807) is 19.3 Å². The van der Waals surface area contributed by atoms with Crippen LogP contribution < -0.4 is 16.0 Å². The lowest BCUT2D eigenvalue weighted by molar-refractivity contribution is 0.277. The number of pyridine rings is 1. The van der Waals surface area contributed by atoms with E-state index in [-0.39, 0.29) is 24.6 Å². The molecule has 1 atom stereocenters. The Balaban J connectivity index is 1.81. The molecule has 4 rings (SSSR count). The van der Waals surface area contributed by atoms with E-state index < -0.39 is 5.69 Å². The number of hydrogen-bond acceptors (Lipinski definition) is 6. The summed E-state index contributed by atoms with van der Waals surface area (Å²) in [5.74, 6) is 1.30. The van der Waals surface area contributed by atoms with Gasteiger partial charge in [0.1, 0.15) is 11.6 Å². The van der Waals surface area contributed by atoms with E-state index in [0.717, 1.165) is 17.7 Å². The highest BCUT2D eigenvalue weighted by atomic mass is 35.5. The summed E-state index contributed by atoms with van der Waals surface area (Å²) in [6, 6.07) is 11.4. The van der Waals surface area contributed by atoms with Crippen molar-refractivity contribution < 1.29 is 9.84 Å². The van der Waals surface area contributed by atoms with E-state index in [4.69, 9.17) is 21.3 Å². The van der Waals surface area contributed by atoms with Gasteiger partial charge in [-0.05, 0) is 49.4 Å². The third kappa shape index (κ3) is 5.39. The summed E-state index contributed by atoms with van der Waals surface area (Å²) in [7, 11) is 1.61. The highest BCUT2D eigenvalue weighted by Crippen LogP contribution is 2.29. The van der Waals surface area contributed by atoms with E-state index in [1.165, 1.54) is 9.13 Å². The van der Waals surface area contributed by atoms with Crippen LogP contribution in [0.25, 0.3) is 0 Å². The normalized spacial score (nSPS) is 15.3. The quantitative estimate of drug-likeness (QED) is 0.540. The maximum absolute atomic E-state index is 13.2. The number of ether oxygens (including phenoxy) is 1. The maximum atomic E-state index is 13.2. The average Bonchev–Trinajstić information content (AvgIpc) is 3.04. The molecule has 1 aromatic carbocycles. The number of aliphatic hydroxyl groups is 1. The number of fused-ring (bicyclic) bond motifs is 1. The Labute approximate surface area is 208 Å². The predicted molar refractivity (Wildman–Crippen MR) is 136 cm³/mol. The van der Waals surface area contributed by atoms with Gasteiger partial charge in [0, 0.05) is 44.4 Å². The number of aryl methyl sites for hydroxylation is 1. The van der Waals surface area contributed by atoms with Gasteiger partial charge in [0.2, 0.25) is 0 Å². The number of aliphatic hydroxyl groups excluding tert-OH is 1. The second-order valence-corrected chi connectivity index (χ2v) is 9.03. The number of nitrogens with zero attached hydrogens (tertiary/aromatic N) is 4. The summed E-state index contributed by atoms with van der Waals surface area (Å²) in [6.45, 7) is 2.11. The summed E-state index contributed by atoms with van der Waals surface area (Å²) < 4.78 is 8.97. The minimum absolute atomic E-state index is 0.101. The molecule has 1 N–H and O–H groups in total. The van der Waals surface area contributed by atoms with Crippen molar-refractivity contribution in [3.63, 3.8) is 0 Å². The topological polar surface area (TPSA) is 98.7 Å². The zero-order valence-corrected chi connectivity index (χ0v) is 20.7. The zero-order chi connectivity index (χ0) is 24.9. The van der Waals surface area contributed by atoms with Crippen molar-refractivity contribution in [2.24, 2.45) is 18.0 Å². The number of rotatable bonds is 7. The Kier molecular flexibility index (Phi) is 7.83. The largest absolute Gasteiger partial charge is 0.442 e. The first-order valence-corrected chi connectivity index (χ1v) is 12.2. The Morgan fingerprint density at radius 1 is 1.20 bits per heavy atom. The molecule has 0 saturated heterocycles. The zero-order valence-electron chi connectivity index (χ0n) is 19.9. The van der Waals surface area contributed by atoms with Crippen molar-refractivity contribution in [3.8, 4) is 5.75 Å². The van der Waals surface area contributed by atoms with E-state index >= 15 is 0 Å². The lowest BCUT2D eigenvalue weighted by Crippen LogP contribution is -2.41. The predicted octanol–water partition coefficient (Wildman–Crippen LogP) is 3.45. The van der Waals surface area contributed by atoms with Gasteiger partial charge in [-0.1, -0.05) is 36.7 Å². The van der Waals surface area contributed by atoms with Crippen molar-refractivity contribution in [2.75, 3.05) is 6.61 Å². The van der Waals surface area contributed by atoms with Crippen LogP contribution in [0.15, 0.2) is 57.2 Å². The fourth-order valence-electron chi connectivity index (χ4n) is 4.33. The Hall–Kier alpha value is -3.23. The number of benzene rings is 1. The summed E-state index contributed by atoms with van der Waals surface area (Å²) in [6.07, 6.45) is 4.30. The number of halogens is 1. The fraction of sp³-hybridized carbons (Fsp3) is 0.385. The van der Waals surface area contributed by atoms with E-state index in [9.17, 15) is 14.7 Å². The molecule has 0 amide bonds. The molecule has 1 unspecified atom stereocenters. The van der Waals surface area contributed by atoms with Gasteiger partial charge in [-0.15, -0.1) is 0 Å². The van der Waals surface area contributed by atoms with E-state index in [1.807, 2.05) is 30.3 Å². The van der Waals surface area contributed by atoms with E-state index in [0.29, 0.717) is 53.7 Å². The first-order chi connectivity index (χ1) is 16.9. The maximum Gasteiger partial charge on any atom is 0.332 e. The lowest BCUT2D eigenvalue weighted by Gasteiger charge is -2.19. The van der Waals surface area contributed by atoms with Crippen LogP contribution in [-0.4, -0.2) is 31.7 Å². The van der Waals surface area contributed by atoms with Crippen LogP contribution in [0.3, 0.4) is 0 Å². The highest BCUT2D eigenvalue weighted by Gasteiger charge is 2.28. The van der Waals surface area contributed by atoms with Gasteiger partial charge < -0.3 is 9.84 Å². The molecule has 8 nitrogen and oxygen atoms in total. The van der Waals surface area contributed by atoms with Crippen molar-refractivity contribution >= 4 is 23.3 Å². The van der Waals surface area contributed by atoms with Crippen LogP contribution in [-0.2, 0) is 32.9 Å². The summed E-state index contributed by atoms with van der Waals surface area (Å²) in [5.41, 5.74) is 1.52. The van der Waals surface area contributed by atoms with Crippen molar-refractivity contribution in [2.45, 2.75) is 45.6 Å². The molecule has 35 heavy (non-hydrogen) atoms. The van der Waals surface area contributed by atoms with Gasteiger partial charge in [-0.3, -0.25) is 18.9 Å². The standard InChI is InChI=1S/C26H29ClN4O4/c1-3-17-7-4-5-8-22(17)35-24-18(15-20-11-10-19(27)16-28-20)9-12-21-23(29-24)30(2)26(34)31(25(21)33)13-6-14-32/h4-5,7-8,10-11,16,18,32H,3,6,9,12-15H2,1-2H3. The molecule has 0 saturated carbocycles. The summed E-state index contributed by atoms with van der Waals surface area (Å²) in [5, 5.41) is 9.75. The molecule has 2 aromatic heterocycles. The molecule has 0 aliphatic carbocycles. The SMILES string of the molecule is CCc1ccccc1OC1=Nc2c(c(=O)n(CCCO)c(=O)n2C)CCC1Cc1ccc(Cl)cn1. The molecule has 9 heteroatoms. The molecule has 0 spiro atoms. The van der Waals surface area contributed by atoms with Gasteiger partial charge in [0.25, 0.3) is 5.56 Å². The average molecular weight is 497 g/mol. The van der Waals surface area contributed by atoms with Crippen LogP contribution in [0.2, 0.25) is 5.02 Å². The smallest absolute Gasteiger partial charge is 0.332 e. The molecule has 1 aliphatic heterocycles. The Morgan fingerprint density at radius 2 is 2.00 bits per heavy atom. The lowest BCUT2D eigenvalue weighted by atomic mass is 9.95. The van der Waals surface area contributed by atoms with Gasteiger partial charge in [-0.2, -0.15) is 4.99 Å². The Bertz CT molecular complexity index is 1340. The summed E-state index contributed by atoms with van der Waals surface area (Å²) >= 11 is 6.02. The monoisotopic (exact) mass is 496 g/mol. The number of hydrogen-bond donors (Lipinski definition) is 1. The third-order valence-electron chi connectivity index (χ3n) is 6.27. The Morgan fingerprint density at radius 3 is 2.71 bits per heavy atom. The van der Waals surface area contributed by atoms with Crippen LogP contribution in [0, 0.1) is 5.92 Å². The van der Waals surface area contributed by atoms with Crippen LogP contribution in [0.5, 0.6) is 5.75 Å².